The third-order valence-electron chi connectivity index (χ3n) is 4.29. The van der Waals surface area contributed by atoms with Crippen molar-refractivity contribution in [2.45, 2.75) is 31.7 Å². The SMILES string of the molecule is CCNC(CC1Cc2ccccc21)c1cccc(Cl)c1F. The molecule has 1 aliphatic rings. The molecule has 2 unspecified atom stereocenters. The van der Waals surface area contributed by atoms with Crippen LogP contribution in [-0.4, -0.2) is 6.54 Å². The summed E-state index contributed by atoms with van der Waals surface area (Å²) in [6, 6.07) is 13.8. The Morgan fingerprint density at radius 3 is 2.81 bits per heavy atom. The minimum absolute atomic E-state index is 0.00653. The molecular weight excluding hydrogens is 285 g/mol. The molecule has 0 fully saturated rings. The van der Waals surface area contributed by atoms with Gasteiger partial charge in [0.05, 0.1) is 5.02 Å². The van der Waals surface area contributed by atoms with Crippen molar-refractivity contribution in [2.24, 2.45) is 0 Å². The second-order valence-corrected chi connectivity index (χ2v) is 6.00. The Bertz CT molecular complexity index is 641. The number of hydrogen-bond donors (Lipinski definition) is 1. The van der Waals surface area contributed by atoms with Crippen LogP contribution in [0, 0.1) is 5.82 Å². The number of hydrogen-bond acceptors (Lipinski definition) is 1. The first-order valence-electron chi connectivity index (χ1n) is 7.45. The zero-order valence-corrected chi connectivity index (χ0v) is 12.8. The van der Waals surface area contributed by atoms with Crippen molar-refractivity contribution >= 4 is 11.6 Å². The van der Waals surface area contributed by atoms with Gasteiger partial charge in [-0.25, -0.2) is 4.39 Å². The average molecular weight is 304 g/mol. The summed E-state index contributed by atoms with van der Waals surface area (Å²) >= 11 is 5.92. The number of benzene rings is 2. The molecule has 0 radical (unpaired) electrons. The van der Waals surface area contributed by atoms with E-state index in [-0.39, 0.29) is 16.9 Å². The van der Waals surface area contributed by atoms with Crippen molar-refractivity contribution in [3.05, 3.63) is 70.0 Å². The van der Waals surface area contributed by atoms with Crippen LogP contribution in [0.15, 0.2) is 42.5 Å². The van der Waals surface area contributed by atoms with Gasteiger partial charge in [-0.1, -0.05) is 54.9 Å². The fourth-order valence-electron chi connectivity index (χ4n) is 3.21. The summed E-state index contributed by atoms with van der Waals surface area (Å²) in [7, 11) is 0. The smallest absolute Gasteiger partial charge is 0.146 e. The molecule has 2 aromatic carbocycles. The predicted octanol–water partition coefficient (Wildman–Crippen LogP) is 4.86. The number of halogens is 2. The molecule has 1 N–H and O–H groups in total. The third kappa shape index (κ3) is 2.83. The first kappa shape index (κ1) is 14.6. The third-order valence-corrected chi connectivity index (χ3v) is 4.58. The van der Waals surface area contributed by atoms with E-state index < -0.39 is 0 Å². The molecule has 1 aliphatic carbocycles. The largest absolute Gasteiger partial charge is 0.310 e. The van der Waals surface area contributed by atoms with Crippen LogP contribution in [0.3, 0.4) is 0 Å². The lowest BCUT2D eigenvalue weighted by Crippen LogP contribution is -2.27. The highest BCUT2D eigenvalue weighted by atomic mass is 35.5. The number of nitrogens with one attached hydrogen (secondary N) is 1. The topological polar surface area (TPSA) is 12.0 Å². The Balaban J connectivity index is 1.82. The summed E-state index contributed by atoms with van der Waals surface area (Å²) in [5.41, 5.74) is 3.50. The molecule has 2 aromatic rings. The molecule has 0 heterocycles. The second kappa shape index (κ2) is 6.17. The fraction of sp³-hybridized carbons (Fsp3) is 0.333. The molecule has 110 valence electrons. The van der Waals surface area contributed by atoms with Crippen LogP contribution in [0.4, 0.5) is 4.39 Å². The molecule has 0 bridgehead atoms. The molecule has 0 saturated heterocycles. The van der Waals surface area contributed by atoms with Crippen LogP contribution < -0.4 is 5.32 Å². The van der Waals surface area contributed by atoms with Crippen LogP contribution in [0.25, 0.3) is 0 Å². The summed E-state index contributed by atoms with van der Waals surface area (Å²) in [5, 5.41) is 3.60. The average Bonchev–Trinajstić information content (AvgIpc) is 2.47. The van der Waals surface area contributed by atoms with Gasteiger partial charge in [-0.15, -0.1) is 0 Å². The van der Waals surface area contributed by atoms with E-state index >= 15 is 0 Å². The lowest BCUT2D eigenvalue weighted by atomic mass is 9.73. The van der Waals surface area contributed by atoms with Crippen molar-refractivity contribution in [2.75, 3.05) is 6.54 Å². The Morgan fingerprint density at radius 1 is 1.24 bits per heavy atom. The fourth-order valence-corrected chi connectivity index (χ4v) is 3.40. The van der Waals surface area contributed by atoms with Gasteiger partial charge in [0, 0.05) is 11.6 Å². The van der Waals surface area contributed by atoms with E-state index in [0.717, 1.165) is 19.4 Å². The van der Waals surface area contributed by atoms with Crippen LogP contribution in [-0.2, 0) is 6.42 Å². The Kier molecular flexibility index (Phi) is 4.27. The highest BCUT2D eigenvalue weighted by Gasteiger charge is 2.29. The maximum Gasteiger partial charge on any atom is 0.146 e. The van der Waals surface area contributed by atoms with Gasteiger partial charge in [0.25, 0.3) is 0 Å². The van der Waals surface area contributed by atoms with Crippen LogP contribution in [0.5, 0.6) is 0 Å². The van der Waals surface area contributed by atoms with Crippen LogP contribution >= 0.6 is 11.6 Å². The standard InChI is InChI=1S/C18H19ClFN/c1-2-21-17(15-8-5-9-16(19)18(15)20)11-13-10-12-6-3-4-7-14(12)13/h3-9,13,17,21H,2,10-11H2,1H3. The zero-order chi connectivity index (χ0) is 14.8. The van der Waals surface area contributed by atoms with Crippen molar-refractivity contribution < 1.29 is 4.39 Å². The van der Waals surface area contributed by atoms with E-state index in [1.807, 2.05) is 19.1 Å². The zero-order valence-electron chi connectivity index (χ0n) is 12.1. The van der Waals surface area contributed by atoms with Crippen molar-refractivity contribution in [1.82, 2.24) is 5.32 Å². The summed E-state index contributed by atoms with van der Waals surface area (Å²) < 4.78 is 14.3. The lowest BCUT2D eigenvalue weighted by Gasteiger charge is -2.33. The molecule has 21 heavy (non-hydrogen) atoms. The monoisotopic (exact) mass is 303 g/mol. The maximum absolute atomic E-state index is 14.3. The molecule has 3 rings (SSSR count). The minimum Gasteiger partial charge on any atom is -0.310 e. The van der Waals surface area contributed by atoms with E-state index in [0.29, 0.717) is 11.5 Å². The van der Waals surface area contributed by atoms with Gasteiger partial charge in [-0.3, -0.25) is 0 Å². The molecule has 0 saturated carbocycles. The van der Waals surface area contributed by atoms with Crippen molar-refractivity contribution in [1.29, 1.82) is 0 Å². The van der Waals surface area contributed by atoms with Crippen LogP contribution in [0.2, 0.25) is 5.02 Å². The summed E-state index contributed by atoms with van der Waals surface area (Å²) in [6.07, 6.45) is 1.99. The first-order valence-corrected chi connectivity index (χ1v) is 7.83. The summed E-state index contributed by atoms with van der Waals surface area (Å²) in [6.45, 7) is 2.86. The molecule has 0 aromatic heterocycles. The Morgan fingerprint density at radius 2 is 2.05 bits per heavy atom. The van der Waals surface area contributed by atoms with E-state index in [9.17, 15) is 4.39 Å². The van der Waals surface area contributed by atoms with Crippen LogP contribution in [0.1, 0.15) is 42.0 Å². The summed E-state index contributed by atoms with van der Waals surface area (Å²) in [4.78, 5) is 0. The molecule has 3 heteroatoms. The van der Waals surface area contributed by atoms with Gasteiger partial charge >= 0.3 is 0 Å². The number of rotatable bonds is 5. The number of fused-ring (bicyclic) bond motifs is 1. The summed E-state index contributed by atoms with van der Waals surface area (Å²) in [5.74, 6) is 0.210. The van der Waals surface area contributed by atoms with Gasteiger partial charge in [0.1, 0.15) is 5.82 Å². The normalized spacial score (nSPS) is 18.0. The predicted molar refractivity (Wildman–Crippen MR) is 85.3 cm³/mol. The quantitative estimate of drug-likeness (QED) is 0.832. The molecule has 2 atom stereocenters. The van der Waals surface area contributed by atoms with Gasteiger partial charge < -0.3 is 5.32 Å². The van der Waals surface area contributed by atoms with E-state index in [1.54, 1.807) is 6.07 Å². The molecule has 0 aliphatic heterocycles. The van der Waals surface area contributed by atoms with Gasteiger partial charge in [0.15, 0.2) is 0 Å². The van der Waals surface area contributed by atoms with Crippen molar-refractivity contribution in [3.8, 4) is 0 Å². The van der Waals surface area contributed by atoms with Gasteiger partial charge in [0.2, 0.25) is 0 Å². The van der Waals surface area contributed by atoms with Crippen molar-refractivity contribution in [3.63, 3.8) is 0 Å². The van der Waals surface area contributed by atoms with Gasteiger partial charge in [-0.2, -0.15) is 0 Å². The molecule has 0 spiro atoms. The lowest BCUT2D eigenvalue weighted by molar-refractivity contribution is 0.422. The second-order valence-electron chi connectivity index (χ2n) is 5.59. The van der Waals surface area contributed by atoms with E-state index in [2.05, 4.69) is 29.6 Å². The molecule has 1 nitrogen and oxygen atoms in total. The Labute approximate surface area is 130 Å². The van der Waals surface area contributed by atoms with E-state index in [1.165, 1.54) is 11.1 Å². The highest BCUT2D eigenvalue weighted by molar-refractivity contribution is 6.30. The highest BCUT2D eigenvalue weighted by Crippen LogP contribution is 2.41. The molecule has 0 amide bonds. The maximum atomic E-state index is 14.3. The molecular formula is C18H19ClFN. The van der Waals surface area contributed by atoms with E-state index in [4.69, 9.17) is 11.6 Å². The first-order chi connectivity index (χ1) is 10.2. The van der Waals surface area contributed by atoms with Gasteiger partial charge in [-0.05, 0) is 42.5 Å². The minimum atomic E-state index is -0.294. The Hall–Kier alpha value is -1.38.